The third kappa shape index (κ3) is 2.98. The molecule has 2 heterocycles. The quantitative estimate of drug-likeness (QED) is 0.799. The van der Waals surface area contributed by atoms with Crippen LogP contribution in [0.2, 0.25) is 0 Å². The second-order valence-corrected chi connectivity index (χ2v) is 7.56. The van der Waals surface area contributed by atoms with Crippen LogP contribution in [0.25, 0.3) is 0 Å². The van der Waals surface area contributed by atoms with E-state index in [1.54, 1.807) is 6.92 Å². The number of ether oxygens (including phenoxy) is 1. The molecule has 21 heavy (non-hydrogen) atoms. The Labute approximate surface area is 126 Å². The van der Waals surface area contributed by atoms with E-state index in [2.05, 4.69) is 5.16 Å². The van der Waals surface area contributed by atoms with Crippen molar-refractivity contribution in [1.82, 2.24) is 10.1 Å². The Morgan fingerprint density at radius 2 is 2.00 bits per heavy atom. The van der Waals surface area contributed by atoms with Crippen molar-refractivity contribution in [3.63, 3.8) is 0 Å². The van der Waals surface area contributed by atoms with Gasteiger partial charge in [-0.1, -0.05) is 25.9 Å². The van der Waals surface area contributed by atoms with Crippen LogP contribution in [0, 0.1) is 6.92 Å². The molecule has 1 aromatic heterocycles. The standard InChI is InChI=1S/C16H26N2O3/c1-10-8-18(16(6,7)9-20-10)14(19)12-11(2)21-17-13(12)15(3,4)5/h10H,8-9H2,1-7H3. The van der Waals surface area contributed by atoms with Gasteiger partial charge in [0.15, 0.2) is 0 Å². The molecule has 1 fully saturated rings. The van der Waals surface area contributed by atoms with E-state index >= 15 is 0 Å². The Morgan fingerprint density at radius 3 is 2.57 bits per heavy atom. The van der Waals surface area contributed by atoms with Gasteiger partial charge in [0.2, 0.25) is 0 Å². The summed E-state index contributed by atoms with van der Waals surface area (Å²) in [6, 6.07) is 0. The van der Waals surface area contributed by atoms with Gasteiger partial charge in [-0.3, -0.25) is 4.79 Å². The summed E-state index contributed by atoms with van der Waals surface area (Å²) >= 11 is 0. The molecule has 0 aliphatic carbocycles. The van der Waals surface area contributed by atoms with Crippen LogP contribution in [-0.2, 0) is 10.2 Å². The molecule has 0 aromatic carbocycles. The van der Waals surface area contributed by atoms with E-state index in [0.29, 0.717) is 24.5 Å². The molecule has 0 spiro atoms. The summed E-state index contributed by atoms with van der Waals surface area (Å²) in [6.45, 7) is 15.1. The van der Waals surface area contributed by atoms with Crippen LogP contribution in [0.5, 0.6) is 0 Å². The first-order chi connectivity index (χ1) is 9.54. The van der Waals surface area contributed by atoms with Crippen molar-refractivity contribution in [2.24, 2.45) is 0 Å². The number of hydrogen-bond donors (Lipinski definition) is 0. The van der Waals surface area contributed by atoms with E-state index in [0.717, 1.165) is 5.69 Å². The van der Waals surface area contributed by atoms with Crippen molar-refractivity contribution >= 4 is 5.91 Å². The molecule has 0 N–H and O–H groups in total. The Kier molecular flexibility index (Phi) is 3.91. The number of rotatable bonds is 1. The van der Waals surface area contributed by atoms with Crippen LogP contribution >= 0.6 is 0 Å². The molecule has 1 unspecified atom stereocenters. The molecule has 0 bridgehead atoms. The van der Waals surface area contributed by atoms with Crippen LogP contribution in [-0.4, -0.2) is 40.8 Å². The van der Waals surface area contributed by atoms with Crippen molar-refractivity contribution < 1.29 is 14.1 Å². The zero-order valence-corrected chi connectivity index (χ0v) is 14.1. The zero-order valence-electron chi connectivity index (χ0n) is 14.1. The highest BCUT2D eigenvalue weighted by Gasteiger charge is 2.40. The molecule has 1 amide bonds. The normalized spacial score (nSPS) is 22.4. The van der Waals surface area contributed by atoms with Crippen molar-refractivity contribution in [3.8, 4) is 0 Å². The largest absolute Gasteiger partial charge is 0.374 e. The minimum absolute atomic E-state index is 0.0150. The lowest BCUT2D eigenvalue weighted by atomic mass is 9.87. The maximum Gasteiger partial charge on any atom is 0.260 e. The minimum Gasteiger partial charge on any atom is -0.374 e. The van der Waals surface area contributed by atoms with Gasteiger partial charge in [-0.2, -0.15) is 0 Å². The van der Waals surface area contributed by atoms with Crippen LogP contribution in [0.1, 0.15) is 63.4 Å². The molecule has 0 radical (unpaired) electrons. The minimum atomic E-state index is -0.331. The summed E-state index contributed by atoms with van der Waals surface area (Å²) in [5, 5.41) is 4.12. The van der Waals surface area contributed by atoms with Gasteiger partial charge in [0.05, 0.1) is 18.2 Å². The maximum atomic E-state index is 13.1. The molecule has 118 valence electrons. The van der Waals surface area contributed by atoms with E-state index in [1.807, 2.05) is 46.4 Å². The van der Waals surface area contributed by atoms with E-state index < -0.39 is 0 Å². The predicted molar refractivity (Wildman–Crippen MR) is 80.5 cm³/mol. The molecule has 1 aliphatic heterocycles. The van der Waals surface area contributed by atoms with Gasteiger partial charge >= 0.3 is 0 Å². The second-order valence-electron chi connectivity index (χ2n) is 7.56. The van der Waals surface area contributed by atoms with Gasteiger partial charge in [0, 0.05) is 12.0 Å². The molecule has 1 aromatic rings. The number of amides is 1. The van der Waals surface area contributed by atoms with Crippen LogP contribution in [0.4, 0.5) is 0 Å². The van der Waals surface area contributed by atoms with Crippen LogP contribution in [0.15, 0.2) is 4.52 Å². The number of carbonyl (C=O) groups is 1. The summed E-state index contributed by atoms with van der Waals surface area (Å²) in [5.74, 6) is 0.568. The van der Waals surface area contributed by atoms with Gasteiger partial charge in [-0.05, 0) is 27.7 Å². The lowest BCUT2D eigenvalue weighted by molar-refractivity contribution is -0.0756. The van der Waals surface area contributed by atoms with Gasteiger partial charge in [0.25, 0.3) is 5.91 Å². The van der Waals surface area contributed by atoms with Crippen molar-refractivity contribution in [2.75, 3.05) is 13.2 Å². The third-order valence-electron chi connectivity index (χ3n) is 3.92. The maximum absolute atomic E-state index is 13.1. The summed E-state index contributed by atoms with van der Waals surface area (Å²) in [4.78, 5) is 15.0. The Hall–Kier alpha value is -1.36. The molecule has 1 atom stereocenters. The number of hydrogen-bond acceptors (Lipinski definition) is 4. The average Bonchev–Trinajstić information content (AvgIpc) is 2.73. The van der Waals surface area contributed by atoms with Crippen molar-refractivity contribution in [3.05, 3.63) is 17.0 Å². The fraction of sp³-hybridized carbons (Fsp3) is 0.750. The zero-order chi connectivity index (χ0) is 16.0. The van der Waals surface area contributed by atoms with E-state index in [4.69, 9.17) is 9.26 Å². The van der Waals surface area contributed by atoms with Crippen molar-refractivity contribution in [1.29, 1.82) is 0 Å². The highest BCUT2D eigenvalue weighted by molar-refractivity contribution is 5.97. The van der Waals surface area contributed by atoms with Crippen molar-refractivity contribution in [2.45, 2.75) is 65.5 Å². The SMILES string of the molecule is Cc1onc(C(C)(C)C)c1C(=O)N1CC(C)OCC1(C)C. The first kappa shape index (κ1) is 16.0. The van der Waals surface area contributed by atoms with Gasteiger partial charge in [-0.15, -0.1) is 0 Å². The fourth-order valence-corrected chi connectivity index (χ4v) is 2.61. The molecule has 5 heteroatoms. The number of morpholine rings is 1. The predicted octanol–water partition coefficient (Wildman–Crippen LogP) is 2.92. The number of nitrogens with zero attached hydrogens (tertiary/aromatic N) is 2. The van der Waals surface area contributed by atoms with Crippen LogP contribution < -0.4 is 0 Å². The fourth-order valence-electron chi connectivity index (χ4n) is 2.61. The Morgan fingerprint density at radius 1 is 1.38 bits per heavy atom. The van der Waals surface area contributed by atoms with E-state index in [9.17, 15) is 4.79 Å². The molecule has 5 nitrogen and oxygen atoms in total. The molecular weight excluding hydrogens is 268 g/mol. The number of aryl methyl sites for hydroxylation is 1. The Balaban J connectivity index is 2.42. The summed E-state index contributed by atoms with van der Waals surface area (Å²) in [6.07, 6.45) is 0.0419. The topological polar surface area (TPSA) is 55.6 Å². The monoisotopic (exact) mass is 294 g/mol. The summed E-state index contributed by atoms with van der Waals surface area (Å²) < 4.78 is 11.0. The van der Waals surface area contributed by atoms with Gasteiger partial charge < -0.3 is 14.2 Å². The van der Waals surface area contributed by atoms with E-state index in [-0.39, 0.29) is 23.0 Å². The second kappa shape index (κ2) is 5.13. The highest BCUT2D eigenvalue weighted by atomic mass is 16.5. The molecular formula is C16H26N2O3. The molecule has 1 aliphatic rings. The first-order valence-electron chi connectivity index (χ1n) is 7.44. The summed E-state index contributed by atoms with van der Waals surface area (Å²) in [7, 11) is 0. The molecule has 0 saturated carbocycles. The lowest BCUT2D eigenvalue weighted by Gasteiger charge is -2.44. The molecule has 1 saturated heterocycles. The highest BCUT2D eigenvalue weighted by Crippen LogP contribution is 2.31. The number of aromatic nitrogens is 1. The third-order valence-corrected chi connectivity index (χ3v) is 3.92. The van der Waals surface area contributed by atoms with Crippen LogP contribution in [0.3, 0.4) is 0 Å². The molecule has 2 rings (SSSR count). The number of carbonyl (C=O) groups excluding carboxylic acids is 1. The summed E-state index contributed by atoms with van der Waals surface area (Å²) in [5.41, 5.74) is 0.761. The van der Waals surface area contributed by atoms with E-state index in [1.165, 1.54) is 0 Å². The lowest BCUT2D eigenvalue weighted by Crippen LogP contribution is -2.58. The smallest absolute Gasteiger partial charge is 0.260 e. The van der Waals surface area contributed by atoms with Gasteiger partial charge in [0.1, 0.15) is 17.0 Å². The Bertz CT molecular complexity index is 540. The van der Waals surface area contributed by atoms with Gasteiger partial charge in [-0.25, -0.2) is 0 Å². The average molecular weight is 294 g/mol. The first-order valence-corrected chi connectivity index (χ1v) is 7.44.